The van der Waals surface area contributed by atoms with Crippen molar-refractivity contribution < 1.29 is 4.79 Å². The van der Waals surface area contributed by atoms with Crippen molar-refractivity contribution in [1.29, 1.82) is 0 Å². The quantitative estimate of drug-likeness (QED) is 0.703. The zero-order valence-corrected chi connectivity index (χ0v) is 15.2. The number of thiocarbonyl (C=S) groups is 1. The number of nitrogens with two attached hydrogens (primary N) is 1. The van der Waals surface area contributed by atoms with Crippen LogP contribution in [-0.4, -0.2) is 11.0 Å². The van der Waals surface area contributed by atoms with Gasteiger partial charge in [-0.05, 0) is 66.5 Å². The van der Waals surface area contributed by atoms with Gasteiger partial charge in [-0.15, -0.1) is 0 Å². The fourth-order valence-electron chi connectivity index (χ4n) is 2.50. The molecule has 0 aliphatic rings. The van der Waals surface area contributed by atoms with Crippen LogP contribution in [0.2, 0.25) is 5.02 Å². The van der Waals surface area contributed by atoms with Crippen molar-refractivity contribution in [2.75, 3.05) is 10.6 Å². The Balaban J connectivity index is 2.17. The molecule has 0 aliphatic heterocycles. The fourth-order valence-corrected chi connectivity index (χ4v) is 2.75. The Bertz CT molecular complexity index is 760. The first kappa shape index (κ1) is 18.2. The molecule has 0 bridgehead atoms. The number of hydrogen-bond acceptors (Lipinski definition) is 2. The van der Waals surface area contributed by atoms with Gasteiger partial charge in [0, 0.05) is 16.4 Å². The van der Waals surface area contributed by atoms with Crippen LogP contribution in [0.5, 0.6) is 0 Å². The van der Waals surface area contributed by atoms with Gasteiger partial charge in [-0.1, -0.05) is 30.7 Å². The lowest BCUT2D eigenvalue weighted by Crippen LogP contribution is -2.20. The molecule has 0 aliphatic carbocycles. The van der Waals surface area contributed by atoms with E-state index in [1.54, 1.807) is 12.1 Å². The van der Waals surface area contributed by atoms with Gasteiger partial charge in [0.1, 0.15) is 0 Å². The van der Waals surface area contributed by atoms with Crippen molar-refractivity contribution in [3.05, 3.63) is 58.1 Å². The van der Waals surface area contributed by atoms with E-state index in [0.717, 1.165) is 34.5 Å². The third kappa shape index (κ3) is 4.94. The van der Waals surface area contributed by atoms with Crippen molar-refractivity contribution in [3.8, 4) is 0 Å². The molecule has 0 saturated carbocycles. The molecule has 2 aromatic rings. The second-order valence-electron chi connectivity index (χ2n) is 5.52. The lowest BCUT2D eigenvalue weighted by molar-refractivity contribution is -0.115. The molecule has 0 unspecified atom stereocenters. The van der Waals surface area contributed by atoms with Crippen molar-refractivity contribution in [1.82, 2.24) is 0 Å². The van der Waals surface area contributed by atoms with E-state index in [9.17, 15) is 4.79 Å². The summed E-state index contributed by atoms with van der Waals surface area (Å²) >= 11 is 10.7. The molecule has 24 heavy (non-hydrogen) atoms. The Kier molecular flexibility index (Phi) is 6.17. The fraction of sp³-hybridized carbons (Fsp3) is 0.222. The summed E-state index contributed by atoms with van der Waals surface area (Å²) in [5, 5.41) is 6.81. The predicted molar refractivity (Wildman–Crippen MR) is 105 cm³/mol. The van der Waals surface area contributed by atoms with Gasteiger partial charge < -0.3 is 16.4 Å². The van der Waals surface area contributed by atoms with Gasteiger partial charge in [0.25, 0.3) is 0 Å². The number of carbonyl (C=O) groups is 1. The molecule has 0 fully saturated rings. The van der Waals surface area contributed by atoms with Crippen LogP contribution in [0.15, 0.2) is 36.4 Å². The zero-order chi connectivity index (χ0) is 17.7. The highest BCUT2D eigenvalue weighted by Gasteiger charge is 2.11. The molecule has 2 rings (SSSR count). The Morgan fingerprint density at radius 3 is 2.46 bits per heavy atom. The molecular weight excluding hydrogens is 342 g/mol. The molecular formula is C18H20ClN3OS. The first-order valence-electron chi connectivity index (χ1n) is 7.63. The minimum absolute atomic E-state index is 0.0647. The van der Waals surface area contributed by atoms with Crippen molar-refractivity contribution >= 4 is 46.2 Å². The minimum Gasteiger partial charge on any atom is -0.376 e. The number of carbonyl (C=O) groups excluding carboxylic acids is 1. The summed E-state index contributed by atoms with van der Waals surface area (Å²) < 4.78 is 0. The molecule has 0 heterocycles. The number of rotatable bonds is 5. The molecule has 2 aromatic carbocycles. The number of aryl methyl sites for hydroxylation is 2. The average Bonchev–Trinajstić information content (AvgIpc) is 2.51. The van der Waals surface area contributed by atoms with Gasteiger partial charge in [-0.3, -0.25) is 4.79 Å². The highest BCUT2D eigenvalue weighted by molar-refractivity contribution is 7.80. The summed E-state index contributed by atoms with van der Waals surface area (Å²) in [6.45, 7) is 3.98. The van der Waals surface area contributed by atoms with E-state index in [2.05, 4.69) is 10.6 Å². The number of hydrogen-bond donors (Lipinski definition) is 3. The lowest BCUT2D eigenvalue weighted by atomic mass is 10.0. The SMILES string of the molecule is CCc1cc(NC(N)=S)cc(C)c1NC(=O)Cc1ccc(Cl)cc1. The molecule has 0 radical (unpaired) electrons. The van der Waals surface area contributed by atoms with Crippen LogP contribution in [0, 0.1) is 6.92 Å². The van der Waals surface area contributed by atoms with E-state index in [1.165, 1.54) is 0 Å². The highest BCUT2D eigenvalue weighted by atomic mass is 35.5. The number of benzene rings is 2. The highest BCUT2D eigenvalue weighted by Crippen LogP contribution is 2.26. The van der Waals surface area contributed by atoms with E-state index in [-0.39, 0.29) is 11.0 Å². The van der Waals surface area contributed by atoms with Gasteiger partial charge in [-0.2, -0.15) is 0 Å². The predicted octanol–water partition coefficient (Wildman–Crippen LogP) is 4.05. The Morgan fingerprint density at radius 1 is 1.21 bits per heavy atom. The van der Waals surface area contributed by atoms with Gasteiger partial charge in [0.15, 0.2) is 5.11 Å². The molecule has 0 saturated heterocycles. The molecule has 4 nitrogen and oxygen atoms in total. The van der Waals surface area contributed by atoms with Crippen molar-refractivity contribution in [2.45, 2.75) is 26.7 Å². The third-order valence-electron chi connectivity index (χ3n) is 3.61. The largest absolute Gasteiger partial charge is 0.376 e. The summed E-state index contributed by atoms with van der Waals surface area (Å²) in [7, 11) is 0. The smallest absolute Gasteiger partial charge is 0.228 e. The Labute approximate surface area is 152 Å². The number of amides is 1. The van der Waals surface area contributed by atoms with Gasteiger partial charge in [0.2, 0.25) is 5.91 Å². The van der Waals surface area contributed by atoms with Crippen LogP contribution in [0.1, 0.15) is 23.6 Å². The second-order valence-corrected chi connectivity index (χ2v) is 6.40. The normalized spacial score (nSPS) is 10.3. The zero-order valence-electron chi connectivity index (χ0n) is 13.7. The monoisotopic (exact) mass is 361 g/mol. The molecule has 0 spiro atoms. The van der Waals surface area contributed by atoms with E-state index >= 15 is 0 Å². The number of nitrogens with one attached hydrogen (secondary N) is 2. The molecule has 0 aromatic heterocycles. The Hall–Kier alpha value is -2.11. The second kappa shape index (κ2) is 8.13. The van der Waals surface area contributed by atoms with Crippen molar-refractivity contribution in [2.24, 2.45) is 5.73 Å². The summed E-state index contributed by atoms with van der Waals surface area (Å²) in [6, 6.07) is 11.1. The summed E-state index contributed by atoms with van der Waals surface area (Å²) in [5.74, 6) is -0.0647. The summed E-state index contributed by atoms with van der Waals surface area (Å²) in [6.07, 6.45) is 1.08. The van der Waals surface area contributed by atoms with Crippen LogP contribution in [0.3, 0.4) is 0 Å². The maximum absolute atomic E-state index is 12.3. The van der Waals surface area contributed by atoms with E-state index in [1.807, 2.05) is 38.1 Å². The molecule has 4 N–H and O–H groups in total. The van der Waals surface area contributed by atoms with E-state index in [4.69, 9.17) is 29.6 Å². The van der Waals surface area contributed by atoms with Crippen LogP contribution in [0.4, 0.5) is 11.4 Å². The van der Waals surface area contributed by atoms with E-state index in [0.29, 0.717) is 11.4 Å². The molecule has 126 valence electrons. The van der Waals surface area contributed by atoms with Crippen LogP contribution >= 0.6 is 23.8 Å². The van der Waals surface area contributed by atoms with Crippen LogP contribution < -0.4 is 16.4 Å². The first-order valence-corrected chi connectivity index (χ1v) is 8.42. The van der Waals surface area contributed by atoms with Crippen LogP contribution in [0.25, 0.3) is 0 Å². The maximum Gasteiger partial charge on any atom is 0.228 e. The first-order chi connectivity index (χ1) is 11.4. The molecule has 1 amide bonds. The third-order valence-corrected chi connectivity index (χ3v) is 3.96. The standard InChI is InChI=1S/C18H20ClN3OS/c1-3-13-10-15(21-18(20)24)8-11(2)17(13)22-16(23)9-12-4-6-14(19)7-5-12/h4-8,10H,3,9H2,1-2H3,(H,22,23)(H3,20,21,24). The number of halogens is 1. The molecule has 0 atom stereocenters. The van der Waals surface area contributed by atoms with Crippen molar-refractivity contribution in [3.63, 3.8) is 0 Å². The average molecular weight is 362 g/mol. The molecule has 6 heteroatoms. The lowest BCUT2D eigenvalue weighted by Gasteiger charge is -2.16. The van der Waals surface area contributed by atoms with Gasteiger partial charge in [-0.25, -0.2) is 0 Å². The minimum atomic E-state index is -0.0647. The summed E-state index contributed by atoms with van der Waals surface area (Å²) in [5.41, 5.74) is 10.1. The Morgan fingerprint density at radius 2 is 1.88 bits per heavy atom. The topological polar surface area (TPSA) is 67.2 Å². The van der Waals surface area contributed by atoms with Crippen LogP contribution in [-0.2, 0) is 17.6 Å². The van der Waals surface area contributed by atoms with E-state index < -0.39 is 0 Å². The van der Waals surface area contributed by atoms with Gasteiger partial charge >= 0.3 is 0 Å². The van der Waals surface area contributed by atoms with Gasteiger partial charge in [0.05, 0.1) is 6.42 Å². The maximum atomic E-state index is 12.3. The summed E-state index contributed by atoms with van der Waals surface area (Å²) in [4.78, 5) is 12.3. The number of anilines is 2.